The molecule has 2 N–H and O–H groups in total. The van der Waals surface area contributed by atoms with Crippen molar-refractivity contribution < 1.29 is 9.53 Å². The Kier molecular flexibility index (Phi) is 7.64. The van der Waals surface area contributed by atoms with Crippen LogP contribution in [-0.4, -0.2) is 5.78 Å². The summed E-state index contributed by atoms with van der Waals surface area (Å²) in [7, 11) is 0. The molecule has 0 saturated carbocycles. The van der Waals surface area contributed by atoms with Crippen molar-refractivity contribution in [2.24, 2.45) is 5.73 Å². The topological polar surface area (TPSA) is 79.3 Å². The van der Waals surface area contributed by atoms with Gasteiger partial charge in [-0.3, -0.25) is 9.69 Å². The summed E-state index contributed by atoms with van der Waals surface area (Å²) >= 11 is 5.72. The number of rotatable bonds is 5. The highest BCUT2D eigenvalue weighted by molar-refractivity contribution is 14.1. The zero-order chi connectivity index (χ0) is 27.0. The molecule has 5 nitrogen and oxygen atoms in total. The number of carbonyl (C=O) groups is 1. The lowest BCUT2D eigenvalue weighted by molar-refractivity contribution is -0.116. The highest BCUT2D eigenvalue weighted by Crippen LogP contribution is 2.47. The van der Waals surface area contributed by atoms with Crippen molar-refractivity contribution in [2.45, 2.75) is 45.6 Å². The molecule has 2 aliphatic rings. The quantitative estimate of drug-likeness (QED) is 0.282. The fraction of sp³-hybridized carbons (Fsp3) is 0.226. The lowest BCUT2D eigenvalue weighted by atomic mass is 9.73. The van der Waals surface area contributed by atoms with Crippen LogP contribution in [0.4, 0.5) is 5.69 Å². The third-order valence-electron chi connectivity index (χ3n) is 7.22. The van der Waals surface area contributed by atoms with E-state index in [0.29, 0.717) is 30.0 Å². The molecule has 38 heavy (non-hydrogen) atoms. The summed E-state index contributed by atoms with van der Waals surface area (Å²) < 4.78 is 8.20. The van der Waals surface area contributed by atoms with Gasteiger partial charge in [-0.15, -0.1) is 0 Å². The van der Waals surface area contributed by atoms with Crippen LogP contribution in [0.5, 0.6) is 5.75 Å². The maximum atomic E-state index is 13.5. The number of carbonyl (C=O) groups excluding carboxylic acids is 1. The van der Waals surface area contributed by atoms with Gasteiger partial charge in [-0.2, -0.15) is 5.26 Å². The molecule has 1 unspecified atom stereocenters. The SMILES string of the molecule is Cc1cc(COc2ccc(Br)cc2)c(C)c(C2C(C#N)=C(N)N(c3ccc(I)cc3)C3=C2C(=O)CCC3)c1. The molecular weight excluding hydrogens is 653 g/mol. The number of aryl methyl sites for hydroxylation is 1. The normalized spacial score (nSPS) is 17.4. The van der Waals surface area contributed by atoms with Crippen LogP contribution in [0.15, 0.2) is 87.8 Å². The molecule has 1 aliphatic heterocycles. The van der Waals surface area contributed by atoms with Crippen molar-refractivity contribution in [2.75, 3.05) is 4.90 Å². The average Bonchev–Trinajstić information content (AvgIpc) is 2.90. The van der Waals surface area contributed by atoms with Gasteiger partial charge in [0.1, 0.15) is 18.2 Å². The van der Waals surface area contributed by atoms with Crippen LogP contribution in [0, 0.1) is 28.7 Å². The lowest BCUT2D eigenvalue weighted by Crippen LogP contribution is -2.39. The maximum Gasteiger partial charge on any atom is 0.161 e. The fourth-order valence-corrected chi connectivity index (χ4v) is 6.01. The number of nitrogens with zero attached hydrogens (tertiary/aromatic N) is 2. The zero-order valence-corrected chi connectivity index (χ0v) is 25.0. The Morgan fingerprint density at radius 2 is 1.82 bits per heavy atom. The van der Waals surface area contributed by atoms with Gasteiger partial charge in [-0.05, 0) is 115 Å². The van der Waals surface area contributed by atoms with Crippen LogP contribution < -0.4 is 15.4 Å². The summed E-state index contributed by atoms with van der Waals surface area (Å²) in [4.78, 5) is 15.5. The molecule has 0 fully saturated rings. The second kappa shape index (κ2) is 11.0. The van der Waals surface area contributed by atoms with E-state index in [9.17, 15) is 10.1 Å². The molecular formula is C31H27BrIN3O2. The van der Waals surface area contributed by atoms with Gasteiger partial charge in [0.15, 0.2) is 5.78 Å². The van der Waals surface area contributed by atoms with E-state index in [1.807, 2.05) is 67.3 Å². The van der Waals surface area contributed by atoms with Crippen LogP contribution >= 0.6 is 38.5 Å². The number of nitriles is 1. The van der Waals surface area contributed by atoms with Gasteiger partial charge in [-0.1, -0.05) is 33.6 Å². The summed E-state index contributed by atoms with van der Waals surface area (Å²) in [5.41, 5.74) is 13.6. The minimum atomic E-state index is -0.505. The maximum absolute atomic E-state index is 13.5. The number of hydrogen-bond donors (Lipinski definition) is 1. The molecule has 1 heterocycles. The molecule has 0 amide bonds. The van der Waals surface area contributed by atoms with E-state index in [1.54, 1.807) is 0 Å². The zero-order valence-electron chi connectivity index (χ0n) is 21.2. The molecule has 1 atom stereocenters. The Bertz CT molecular complexity index is 1520. The minimum Gasteiger partial charge on any atom is -0.489 e. The summed E-state index contributed by atoms with van der Waals surface area (Å²) in [6.45, 7) is 4.45. The third kappa shape index (κ3) is 4.99. The number of Topliss-reactive ketones (excluding diaryl/α,β-unsaturated/α-hetero) is 1. The van der Waals surface area contributed by atoms with Crippen LogP contribution in [0.3, 0.4) is 0 Å². The molecule has 3 aromatic carbocycles. The van der Waals surface area contributed by atoms with Gasteiger partial charge in [0.2, 0.25) is 0 Å². The monoisotopic (exact) mass is 679 g/mol. The van der Waals surface area contributed by atoms with E-state index >= 15 is 0 Å². The van der Waals surface area contributed by atoms with Gasteiger partial charge in [0.05, 0.1) is 17.6 Å². The Labute approximate surface area is 245 Å². The number of halogens is 2. The summed E-state index contributed by atoms with van der Waals surface area (Å²) in [6, 6.07) is 22.3. The molecule has 0 saturated heterocycles. The van der Waals surface area contributed by atoms with Gasteiger partial charge >= 0.3 is 0 Å². The number of benzene rings is 3. The Morgan fingerprint density at radius 3 is 2.50 bits per heavy atom. The van der Waals surface area contributed by atoms with Crippen LogP contribution in [0.25, 0.3) is 0 Å². The number of ketones is 1. The number of nitrogens with two attached hydrogens (primary N) is 1. The van der Waals surface area contributed by atoms with Crippen LogP contribution in [0.2, 0.25) is 0 Å². The highest BCUT2D eigenvalue weighted by atomic mass is 127. The third-order valence-corrected chi connectivity index (χ3v) is 8.46. The van der Waals surface area contributed by atoms with E-state index in [0.717, 1.165) is 60.3 Å². The lowest BCUT2D eigenvalue weighted by Gasteiger charge is -2.40. The highest BCUT2D eigenvalue weighted by Gasteiger charge is 2.41. The van der Waals surface area contributed by atoms with E-state index < -0.39 is 5.92 Å². The molecule has 5 rings (SSSR count). The van der Waals surface area contributed by atoms with Crippen molar-refractivity contribution in [3.05, 3.63) is 114 Å². The van der Waals surface area contributed by atoms with Crippen LogP contribution in [-0.2, 0) is 11.4 Å². The molecule has 7 heteroatoms. The van der Waals surface area contributed by atoms with Gasteiger partial charge < -0.3 is 10.5 Å². The van der Waals surface area contributed by atoms with E-state index in [-0.39, 0.29) is 5.78 Å². The first kappa shape index (κ1) is 26.5. The number of hydrogen-bond acceptors (Lipinski definition) is 5. The Balaban J connectivity index is 1.62. The number of allylic oxidation sites excluding steroid dienone is 3. The molecule has 0 radical (unpaired) electrons. The van der Waals surface area contributed by atoms with E-state index in [1.165, 1.54) is 0 Å². The summed E-state index contributed by atoms with van der Waals surface area (Å²) in [6.07, 6.45) is 1.96. The van der Waals surface area contributed by atoms with Crippen molar-refractivity contribution >= 4 is 50.0 Å². The Morgan fingerprint density at radius 1 is 1.11 bits per heavy atom. The molecule has 3 aromatic rings. The summed E-state index contributed by atoms with van der Waals surface area (Å²) in [5.74, 6) is 0.742. The molecule has 1 aliphatic carbocycles. The van der Waals surface area contributed by atoms with Crippen LogP contribution in [0.1, 0.15) is 47.4 Å². The van der Waals surface area contributed by atoms with E-state index in [4.69, 9.17) is 10.5 Å². The Hall–Kier alpha value is -3.09. The minimum absolute atomic E-state index is 0.0839. The first-order valence-corrected chi connectivity index (χ1v) is 14.4. The predicted molar refractivity (Wildman–Crippen MR) is 161 cm³/mol. The van der Waals surface area contributed by atoms with Crippen molar-refractivity contribution in [1.29, 1.82) is 5.26 Å². The van der Waals surface area contributed by atoms with Gasteiger partial charge in [-0.25, -0.2) is 0 Å². The number of anilines is 1. The van der Waals surface area contributed by atoms with Crippen molar-refractivity contribution in [1.82, 2.24) is 0 Å². The van der Waals surface area contributed by atoms with Gasteiger partial charge in [0.25, 0.3) is 0 Å². The molecule has 192 valence electrons. The second-order valence-electron chi connectivity index (χ2n) is 9.67. The summed E-state index contributed by atoms with van der Waals surface area (Å²) in [5, 5.41) is 10.4. The average molecular weight is 680 g/mol. The first-order valence-electron chi connectivity index (χ1n) is 12.5. The predicted octanol–water partition coefficient (Wildman–Crippen LogP) is 7.55. The fourth-order valence-electron chi connectivity index (χ4n) is 5.39. The molecule has 0 bridgehead atoms. The largest absolute Gasteiger partial charge is 0.489 e. The molecule has 0 spiro atoms. The second-order valence-corrected chi connectivity index (χ2v) is 11.8. The number of ether oxygens (including phenoxy) is 1. The first-order chi connectivity index (χ1) is 18.3. The van der Waals surface area contributed by atoms with E-state index in [2.05, 4.69) is 56.7 Å². The van der Waals surface area contributed by atoms with Gasteiger partial charge in [0, 0.05) is 31.4 Å². The standard InChI is InChI=1S/C31H27BrIN3O2/c1-18-14-20(17-38-24-12-6-21(32)7-13-24)19(2)25(15-18)29-26(16-34)31(35)36(23-10-8-22(33)9-11-23)27-4-3-5-28(37)30(27)29/h6-15,29H,3-5,17,35H2,1-2H3. The van der Waals surface area contributed by atoms with Crippen molar-refractivity contribution in [3.63, 3.8) is 0 Å². The smallest absolute Gasteiger partial charge is 0.161 e. The molecule has 0 aromatic heterocycles. The van der Waals surface area contributed by atoms with Crippen molar-refractivity contribution in [3.8, 4) is 11.8 Å².